The van der Waals surface area contributed by atoms with Crippen molar-refractivity contribution < 1.29 is 17.9 Å². The third-order valence-electron chi connectivity index (χ3n) is 4.66. The lowest BCUT2D eigenvalue weighted by atomic mass is 10.1. The molecule has 7 nitrogen and oxygen atoms in total. The molecule has 9 heteroatoms. The Morgan fingerprint density at radius 1 is 1.10 bits per heavy atom. The maximum absolute atomic E-state index is 12.9. The highest BCUT2D eigenvalue weighted by atomic mass is 35.5. The first-order valence-corrected chi connectivity index (χ1v) is 10.8. The van der Waals surface area contributed by atoms with Crippen LogP contribution in [0.1, 0.15) is 10.4 Å². The smallest absolute Gasteiger partial charge is 0.255 e. The van der Waals surface area contributed by atoms with E-state index < -0.39 is 15.9 Å². The molecular weight excluding hydrogens is 414 g/mol. The molecule has 1 fully saturated rings. The van der Waals surface area contributed by atoms with Gasteiger partial charge in [0, 0.05) is 30.2 Å². The van der Waals surface area contributed by atoms with Crippen molar-refractivity contribution in [1.29, 1.82) is 0 Å². The number of carbonyl (C=O) groups excluding carboxylic acids is 1. The molecule has 3 aromatic rings. The van der Waals surface area contributed by atoms with Gasteiger partial charge in [-0.25, -0.2) is 8.42 Å². The summed E-state index contributed by atoms with van der Waals surface area (Å²) in [7, 11) is -3.70. The standard InChI is InChI=1S/C20H18ClN3O4S/c21-17-6-5-16(29(26,27)24-8-10-28-11-9-24)13-19(17)23-20(25)15-4-3-14-2-1-7-22-18(14)12-15/h1-7,12-13H,8-11H2,(H,23,25). The molecular formula is C20H18ClN3O4S. The molecule has 0 saturated carbocycles. The monoisotopic (exact) mass is 431 g/mol. The van der Waals surface area contributed by atoms with Gasteiger partial charge in [0.1, 0.15) is 0 Å². The van der Waals surface area contributed by atoms with Crippen molar-refractivity contribution in [2.24, 2.45) is 0 Å². The largest absolute Gasteiger partial charge is 0.379 e. The fourth-order valence-corrected chi connectivity index (χ4v) is 4.70. The van der Waals surface area contributed by atoms with Crippen LogP contribution in [0.4, 0.5) is 5.69 Å². The molecule has 1 amide bonds. The summed E-state index contributed by atoms with van der Waals surface area (Å²) < 4.78 is 32.3. The van der Waals surface area contributed by atoms with Gasteiger partial charge >= 0.3 is 0 Å². The van der Waals surface area contributed by atoms with Gasteiger partial charge in [-0.2, -0.15) is 4.31 Å². The number of anilines is 1. The van der Waals surface area contributed by atoms with Crippen LogP contribution in [0.3, 0.4) is 0 Å². The molecule has 0 radical (unpaired) electrons. The van der Waals surface area contributed by atoms with Gasteiger partial charge in [0.05, 0.1) is 34.3 Å². The minimum absolute atomic E-state index is 0.0688. The predicted molar refractivity (Wildman–Crippen MR) is 111 cm³/mol. The number of nitrogens with zero attached hydrogens (tertiary/aromatic N) is 2. The van der Waals surface area contributed by atoms with E-state index in [1.54, 1.807) is 24.4 Å². The summed E-state index contributed by atoms with van der Waals surface area (Å²) >= 11 is 6.20. The Balaban J connectivity index is 1.61. The van der Waals surface area contributed by atoms with Gasteiger partial charge in [-0.05, 0) is 36.4 Å². The Morgan fingerprint density at radius 2 is 1.90 bits per heavy atom. The first kappa shape index (κ1) is 19.8. The molecule has 29 heavy (non-hydrogen) atoms. The molecule has 2 heterocycles. The number of benzene rings is 2. The van der Waals surface area contributed by atoms with Crippen LogP contribution in [0, 0.1) is 0 Å². The summed E-state index contributed by atoms with van der Waals surface area (Å²) in [6.07, 6.45) is 1.65. The summed E-state index contributed by atoms with van der Waals surface area (Å²) in [5.41, 5.74) is 1.32. The van der Waals surface area contributed by atoms with Gasteiger partial charge in [0.25, 0.3) is 5.91 Å². The Labute approximate surface area is 173 Å². The molecule has 4 rings (SSSR count). The third-order valence-corrected chi connectivity index (χ3v) is 6.89. The number of pyridine rings is 1. The summed E-state index contributed by atoms with van der Waals surface area (Å²) in [6.45, 7) is 1.28. The van der Waals surface area contributed by atoms with Crippen molar-refractivity contribution in [3.63, 3.8) is 0 Å². The minimum atomic E-state index is -3.70. The third kappa shape index (κ3) is 4.11. The zero-order valence-electron chi connectivity index (χ0n) is 15.3. The second kappa shape index (κ2) is 8.08. The highest BCUT2D eigenvalue weighted by molar-refractivity contribution is 7.89. The molecule has 1 aliphatic rings. The average molecular weight is 432 g/mol. The van der Waals surface area contributed by atoms with Crippen LogP contribution in [0.5, 0.6) is 0 Å². The van der Waals surface area contributed by atoms with E-state index >= 15 is 0 Å². The van der Waals surface area contributed by atoms with Crippen LogP contribution >= 0.6 is 11.6 Å². The van der Waals surface area contributed by atoms with Crippen LogP contribution in [0.25, 0.3) is 10.9 Å². The lowest BCUT2D eigenvalue weighted by molar-refractivity contribution is 0.0730. The number of aromatic nitrogens is 1. The number of nitrogens with one attached hydrogen (secondary N) is 1. The number of ether oxygens (including phenoxy) is 1. The van der Waals surface area contributed by atoms with Crippen LogP contribution in [-0.4, -0.2) is 49.9 Å². The van der Waals surface area contributed by atoms with Gasteiger partial charge in [0.2, 0.25) is 10.0 Å². The first-order chi connectivity index (χ1) is 13.9. The maximum atomic E-state index is 12.9. The fraction of sp³-hybridized carbons (Fsp3) is 0.200. The molecule has 0 atom stereocenters. The van der Waals surface area contributed by atoms with Crippen molar-refractivity contribution in [1.82, 2.24) is 9.29 Å². The zero-order valence-corrected chi connectivity index (χ0v) is 16.9. The highest BCUT2D eigenvalue weighted by Crippen LogP contribution is 2.28. The summed E-state index contributed by atoms with van der Waals surface area (Å²) in [4.78, 5) is 17.0. The highest BCUT2D eigenvalue weighted by Gasteiger charge is 2.27. The Bertz CT molecular complexity index is 1180. The molecule has 0 unspecified atom stereocenters. The number of hydrogen-bond donors (Lipinski definition) is 1. The van der Waals surface area contributed by atoms with Gasteiger partial charge in [-0.1, -0.05) is 23.7 Å². The normalized spacial score (nSPS) is 15.3. The van der Waals surface area contributed by atoms with E-state index in [2.05, 4.69) is 10.3 Å². The number of amides is 1. The Kier molecular flexibility index (Phi) is 5.51. The van der Waals surface area contributed by atoms with Crippen LogP contribution in [0.2, 0.25) is 5.02 Å². The predicted octanol–water partition coefficient (Wildman–Crippen LogP) is 3.16. The van der Waals surface area contributed by atoms with Gasteiger partial charge in [-0.3, -0.25) is 9.78 Å². The number of morpholine rings is 1. The topological polar surface area (TPSA) is 88.6 Å². The molecule has 1 N–H and O–H groups in total. The number of carbonyl (C=O) groups is 1. The van der Waals surface area contributed by atoms with Crippen molar-refractivity contribution >= 4 is 44.1 Å². The second-order valence-corrected chi connectivity index (χ2v) is 8.87. The van der Waals surface area contributed by atoms with Gasteiger partial charge < -0.3 is 10.1 Å². The SMILES string of the molecule is O=C(Nc1cc(S(=O)(=O)N2CCOCC2)ccc1Cl)c1ccc2cccnc2c1. The molecule has 1 saturated heterocycles. The van der Waals surface area contributed by atoms with Crippen LogP contribution in [0.15, 0.2) is 59.6 Å². The molecule has 0 aliphatic carbocycles. The molecule has 0 bridgehead atoms. The minimum Gasteiger partial charge on any atom is -0.379 e. The van der Waals surface area contributed by atoms with E-state index in [1.807, 2.05) is 12.1 Å². The summed E-state index contributed by atoms with van der Waals surface area (Å²) in [5.74, 6) is -0.402. The molecule has 2 aromatic carbocycles. The second-order valence-electron chi connectivity index (χ2n) is 6.52. The Morgan fingerprint density at radius 3 is 2.69 bits per heavy atom. The zero-order chi connectivity index (χ0) is 20.4. The van der Waals surface area contributed by atoms with Crippen LogP contribution in [-0.2, 0) is 14.8 Å². The van der Waals surface area contributed by atoms with E-state index in [4.69, 9.17) is 16.3 Å². The summed E-state index contributed by atoms with van der Waals surface area (Å²) in [6, 6.07) is 13.2. The van der Waals surface area contributed by atoms with Crippen molar-refractivity contribution in [3.05, 3.63) is 65.3 Å². The summed E-state index contributed by atoms with van der Waals surface area (Å²) in [5, 5.41) is 3.87. The lowest BCUT2D eigenvalue weighted by Gasteiger charge is -2.26. The van der Waals surface area contributed by atoms with Crippen LogP contribution < -0.4 is 5.32 Å². The maximum Gasteiger partial charge on any atom is 0.255 e. The fourth-order valence-electron chi connectivity index (χ4n) is 3.10. The molecule has 0 spiro atoms. The van der Waals surface area contributed by atoms with E-state index in [9.17, 15) is 13.2 Å². The molecule has 150 valence electrons. The van der Waals surface area contributed by atoms with Crippen molar-refractivity contribution in [2.45, 2.75) is 4.90 Å². The van der Waals surface area contributed by atoms with E-state index in [0.29, 0.717) is 24.3 Å². The first-order valence-electron chi connectivity index (χ1n) is 8.99. The number of hydrogen-bond acceptors (Lipinski definition) is 5. The number of sulfonamides is 1. The molecule has 1 aromatic heterocycles. The quantitative estimate of drug-likeness (QED) is 0.685. The van der Waals surface area contributed by atoms with Crippen molar-refractivity contribution in [3.8, 4) is 0 Å². The number of rotatable bonds is 4. The molecule has 1 aliphatic heterocycles. The number of fused-ring (bicyclic) bond motifs is 1. The van der Waals surface area contributed by atoms with E-state index in [1.165, 1.54) is 22.5 Å². The van der Waals surface area contributed by atoms with Gasteiger partial charge in [0.15, 0.2) is 0 Å². The lowest BCUT2D eigenvalue weighted by Crippen LogP contribution is -2.40. The van der Waals surface area contributed by atoms with Crippen molar-refractivity contribution in [2.75, 3.05) is 31.6 Å². The van der Waals surface area contributed by atoms with E-state index in [0.717, 1.165) is 5.39 Å². The Hall–Kier alpha value is -2.52. The van der Waals surface area contributed by atoms with E-state index in [-0.39, 0.29) is 28.7 Å². The number of halogens is 1. The van der Waals surface area contributed by atoms with Gasteiger partial charge in [-0.15, -0.1) is 0 Å². The average Bonchev–Trinajstić information content (AvgIpc) is 2.75.